The van der Waals surface area contributed by atoms with E-state index >= 15 is 0 Å². The molecule has 2 amide bonds. The van der Waals surface area contributed by atoms with Crippen LogP contribution in [0.5, 0.6) is 0 Å². The van der Waals surface area contributed by atoms with Gasteiger partial charge in [-0.25, -0.2) is 0 Å². The van der Waals surface area contributed by atoms with E-state index in [2.05, 4.69) is 12.2 Å². The predicted molar refractivity (Wildman–Crippen MR) is 70.0 cm³/mol. The average molecular weight is 252 g/mol. The van der Waals surface area contributed by atoms with E-state index in [9.17, 15) is 9.59 Å². The maximum Gasteiger partial charge on any atom is 0.311 e. The summed E-state index contributed by atoms with van der Waals surface area (Å²) in [4.78, 5) is 25.7. The molecular weight excluding hydrogens is 228 g/mol. The number of hydrogen-bond donors (Lipinski definition) is 1. The van der Waals surface area contributed by atoms with Crippen molar-refractivity contribution in [3.8, 4) is 0 Å². The second kappa shape index (κ2) is 6.21. The summed E-state index contributed by atoms with van der Waals surface area (Å²) in [5.41, 5.74) is 0. The van der Waals surface area contributed by atoms with Gasteiger partial charge in [0.1, 0.15) is 0 Å². The quantitative estimate of drug-likeness (QED) is 0.722. The first-order chi connectivity index (χ1) is 8.66. The lowest BCUT2D eigenvalue weighted by atomic mass is 9.95. The molecule has 0 aromatic carbocycles. The number of rotatable bonds is 1. The minimum atomic E-state index is -0.393. The lowest BCUT2D eigenvalue weighted by molar-refractivity contribution is -0.147. The van der Waals surface area contributed by atoms with Crippen LogP contribution in [0.25, 0.3) is 0 Å². The molecule has 2 rings (SSSR count). The van der Waals surface area contributed by atoms with Crippen LogP contribution in [-0.4, -0.2) is 35.8 Å². The first-order valence-corrected chi connectivity index (χ1v) is 7.26. The van der Waals surface area contributed by atoms with Crippen LogP contribution in [-0.2, 0) is 9.59 Å². The normalized spacial score (nSPS) is 25.8. The van der Waals surface area contributed by atoms with Crippen LogP contribution in [0.15, 0.2) is 0 Å². The Balaban J connectivity index is 1.82. The van der Waals surface area contributed by atoms with Gasteiger partial charge in [-0.2, -0.15) is 0 Å². The number of hydrogen-bond acceptors (Lipinski definition) is 2. The van der Waals surface area contributed by atoms with Crippen molar-refractivity contribution in [3.63, 3.8) is 0 Å². The van der Waals surface area contributed by atoms with Crippen molar-refractivity contribution < 1.29 is 9.59 Å². The molecule has 1 N–H and O–H groups in total. The van der Waals surface area contributed by atoms with Crippen molar-refractivity contribution in [2.75, 3.05) is 13.1 Å². The number of nitrogens with one attached hydrogen (secondary N) is 1. The summed E-state index contributed by atoms with van der Waals surface area (Å²) in [6.45, 7) is 3.61. The smallest absolute Gasteiger partial charge is 0.311 e. The van der Waals surface area contributed by atoms with Gasteiger partial charge in [-0.15, -0.1) is 0 Å². The van der Waals surface area contributed by atoms with Crippen LogP contribution in [0.2, 0.25) is 0 Å². The number of carbonyl (C=O) groups excluding carboxylic acids is 2. The van der Waals surface area contributed by atoms with E-state index in [1.54, 1.807) is 4.90 Å². The molecule has 0 aromatic heterocycles. The van der Waals surface area contributed by atoms with Gasteiger partial charge >= 0.3 is 11.8 Å². The summed E-state index contributed by atoms with van der Waals surface area (Å²) in [5, 5.41) is 2.90. The zero-order valence-corrected chi connectivity index (χ0v) is 11.3. The highest BCUT2D eigenvalue weighted by Gasteiger charge is 2.27. The minimum Gasteiger partial charge on any atom is -0.345 e. The molecule has 0 aromatic rings. The van der Waals surface area contributed by atoms with Crippen LogP contribution < -0.4 is 5.32 Å². The van der Waals surface area contributed by atoms with Crippen LogP contribution in [0.1, 0.15) is 51.9 Å². The number of nitrogens with zero attached hydrogens (tertiary/aromatic N) is 1. The molecule has 1 saturated heterocycles. The van der Waals surface area contributed by atoms with Crippen molar-refractivity contribution in [2.24, 2.45) is 5.92 Å². The van der Waals surface area contributed by atoms with Crippen molar-refractivity contribution in [1.82, 2.24) is 10.2 Å². The first-order valence-electron chi connectivity index (χ1n) is 7.26. The molecule has 0 radical (unpaired) electrons. The summed E-state index contributed by atoms with van der Waals surface area (Å²) < 4.78 is 0. The fourth-order valence-electron chi connectivity index (χ4n) is 3.01. The Morgan fingerprint density at radius 2 is 1.78 bits per heavy atom. The van der Waals surface area contributed by atoms with Gasteiger partial charge in [-0.3, -0.25) is 9.59 Å². The van der Waals surface area contributed by atoms with E-state index < -0.39 is 5.91 Å². The topological polar surface area (TPSA) is 49.4 Å². The molecule has 4 heteroatoms. The van der Waals surface area contributed by atoms with E-state index in [0.717, 1.165) is 38.8 Å². The highest BCUT2D eigenvalue weighted by atomic mass is 16.2. The summed E-state index contributed by atoms with van der Waals surface area (Å²) in [6.07, 6.45) is 7.81. The number of piperidine rings is 1. The second-order valence-electron chi connectivity index (χ2n) is 5.81. The Hall–Kier alpha value is -1.06. The van der Waals surface area contributed by atoms with Crippen LogP contribution in [0, 0.1) is 5.92 Å². The monoisotopic (exact) mass is 252 g/mol. The zero-order chi connectivity index (χ0) is 13.0. The van der Waals surface area contributed by atoms with Crippen LogP contribution in [0.3, 0.4) is 0 Å². The van der Waals surface area contributed by atoms with Gasteiger partial charge in [-0.05, 0) is 31.6 Å². The summed E-state index contributed by atoms with van der Waals surface area (Å²) in [6, 6.07) is 0.220. The van der Waals surface area contributed by atoms with Gasteiger partial charge in [-0.1, -0.05) is 26.2 Å². The van der Waals surface area contributed by atoms with Gasteiger partial charge in [0, 0.05) is 19.1 Å². The fraction of sp³-hybridized carbons (Fsp3) is 0.857. The lowest BCUT2D eigenvalue weighted by Crippen LogP contribution is -2.49. The van der Waals surface area contributed by atoms with E-state index in [1.807, 2.05) is 0 Å². The Labute approximate surface area is 109 Å². The zero-order valence-electron chi connectivity index (χ0n) is 11.3. The van der Waals surface area contributed by atoms with Crippen molar-refractivity contribution in [3.05, 3.63) is 0 Å². The molecule has 102 valence electrons. The molecule has 1 heterocycles. The van der Waals surface area contributed by atoms with Crippen LogP contribution >= 0.6 is 0 Å². The Morgan fingerprint density at radius 3 is 2.44 bits per heavy atom. The van der Waals surface area contributed by atoms with Gasteiger partial charge in [0.05, 0.1) is 0 Å². The van der Waals surface area contributed by atoms with Crippen molar-refractivity contribution >= 4 is 11.8 Å². The van der Waals surface area contributed by atoms with E-state index in [4.69, 9.17) is 0 Å². The molecule has 1 aliphatic carbocycles. The molecule has 1 unspecified atom stereocenters. The Morgan fingerprint density at radius 1 is 1.06 bits per heavy atom. The summed E-state index contributed by atoms with van der Waals surface area (Å²) >= 11 is 0. The third-order valence-corrected chi connectivity index (χ3v) is 4.08. The summed E-state index contributed by atoms with van der Waals surface area (Å²) in [7, 11) is 0. The molecule has 0 bridgehead atoms. The predicted octanol–water partition coefficient (Wildman–Crippen LogP) is 1.69. The Kier molecular flexibility index (Phi) is 4.61. The molecule has 4 nitrogen and oxygen atoms in total. The van der Waals surface area contributed by atoms with E-state index in [1.165, 1.54) is 19.3 Å². The third kappa shape index (κ3) is 3.47. The maximum absolute atomic E-state index is 12.0. The molecular formula is C14H24N2O2. The first kappa shape index (κ1) is 13.4. The van der Waals surface area contributed by atoms with Gasteiger partial charge in [0.2, 0.25) is 0 Å². The molecule has 2 aliphatic rings. The number of amides is 2. The SMILES string of the molecule is CC1CCCN(C(=O)C(=O)NC2CCCCC2)C1. The van der Waals surface area contributed by atoms with Crippen molar-refractivity contribution in [1.29, 1.82) is 0 Å². The Bertz CT molecular complexity index is 311. The fourth-order valence-corrected chi connectivity index (χ4v) is 3.01. The molecule has 18 heavy (non-hydrogen) atoms. The number of carbonyl (C=O) groups is 2. The molecule has 0 spiro atoms. The van der Waals surface area contributed by atoms with E-state index in [-0.39, 0.29) is 11.9 Å². The van der Waals surface area contributed by atoms with Gasteiger partial charge in [0.15, 0.2) is 0 Å². The largest absolute Gasteiger partial charge is 0.345 e. The molecule has 2 fully saturated rings. The van der Waals surface area contributed by atoms with Crippen LogP contribution in [0.4, 0.5) is 0 Å². The average Bonchev–Trinajstić information content (AvgIpc) is 2.39. The molecule has 1 saturated carbocycles. The molecule has 1 aliphatic heterocycles. The maximum atomic E-state index is 12.0. The lowest BCUT2D eigenvalue weighted by Gasteiger charge is -2.31. The second-order valence-corrected chi connectivity index (χ2v) is 5.81. The highest BCUT2D eigenvalue weighted by Crippen LogP contribution is 2.18. The van der Waals surface area contributed by atoms with Crippen molar-refractivity contribution in [2.45, 2.75) is 57.9 Å². The number of likely N-dealkylation sites (tertiary alicyclic amines) is 1. The highest BCUT2D eigenvalue weighted by molar-refractivity contribution is 6.35. The third-order valence-electron chi connectivity index (χ3n) is 4.08. The summed E-state index contributed by atoms with van der Waals surface area (Å²) in [5.74, 6) is -0.201. The molecule has 1 atom stereocenters. The van der Waals surface area contributed by atoms with Gasteiger partial charge in [0.25, 0.3) is 0 Å². The minimum absolute atomic E-state index is 0.220. The van der Waals surface area contributed by atoms with E-state index in [0.29, 0.717) is 5.92 Å². The standard InChI is InChI=1S/C14H24N2O2/c1-11-6-5-9-16(10-11)14(18)13(17)15-12-7-3-2-4-8-12/h11-12H,2-10H2,1H3,(H,15,17). The van der Waals surface area contributed by atoms with Gasteiger partial charge < -0.3 is 10.2 Å².